The molecule has 1 spiro atoms. The summed E-state index contributed by atoms with van der Waals surface area (Å²) in [6, 6.07) is 57.3. The average molecular weight is 736 g/mol. The van der Waals surface area contributed by atoms with Gasteiger partial charge in [-0.15, -0.1) is 0 Å². The van der Waals surface area contributed by atoms with Crippen LogP contribution in [0.25, 0.3) is 55.3 Å². The highest BCUT2D eigenvalue weighted by molar-refractivity contribution is 6.06. The van der Waals surface area contributed by atoms with Crippen LogP contribution in [-0.4, -0.2) is 0 Å². The van der Waals surface area contributed by atoms with Crippen molar-refractivity contribution in [2.24, 2.45) is 23.7 Å². The van der Waals surface area contributed by atoms with Crippen LogP contribution >= 0.6 is 0 Å². The van der Waals surface area contributed by atoms with Crippen molar-refractivity contribution >= 4 is 39.0 Å². The average Bonchev–Trinajstić information content (AvgIpc) is 3.83. The molecule has 14 rings (SSSR count). The minimum absolute atomic E-state index is 0.0878. The second-order valence-electron chi connectivity index (χ2n) is 18.5. The molecule has 0 saturated heterocycles. The molecule has 2 nitrogen and oxygen atoms in total. The Hall–Kier alpha value is -5.86. The van der Waals surface area contributed by atoms with Gasteiger partial charge in [0.2, 0.25) is 0 Å². The molecule has 0 amide bonds. The Balaban J connectivity index is 0.963. The normalized spacial score (nSPS) is 24.2. The van der Waals surface area contributed by atoms with E-state index in [4.69, 9.17) is 4.42 Å². The molecule has 0 N–H and O–H groups in total. The van der Waals surface area contributed by atoms with E-state index in [1.54, 1.807) is 11.1 Å². The third-order valence-corrected chi connectivity index (χ3v) is 15.5. The van der Waals surface area contributed by atoms with Gasteiger partial charge in [0.1, 0.15) is 11.2 Å². The highest BCUT2D eigenvalue weighted by Gasteiger charge is 2.61. The molecule has 4 saturated carbocycles. The smallest absolute Gasteiger partial charge is 0.136 e. The van der Waals surface area contributed by atoms with Gasteiger partial charge in [0.25, 0.3) is 0 Å². The Morgan fingerprint density at radius 3 is 1.81 bits per heavy atom. The molecule has 0 unspecified atom stereocenters. The van der Waals surface area contributed by atoms with Crippen LogP contribution in [0.3, 0.4) is 0 Å². The van der Waals surface area contributed by atoms with Crippen molar-refractivity contribution in [1.82, 2.24) is 0 Å². The summed E-state index contributed by atoms with van der Waals surface area (Å²) in [6.45, 7) is 4.77. The highest BCUT2D eigenvalue weighted by Crippen LogP contribution is 2.69. The van der Waals surface area contributed by atoms with Gasteiger partial charge in [0.15, 0.2) is 0 Å². The number of fused-ring (bicyclic) bond motifs is 9. The minimum Gasteiger partial charge on any atom is -0.456 e. The maximum atomic E-state index is 6.30. The number of para-hydroxylation sites is 1. The summed E-state index contributed by atoms with van der Waals surface area (Å²) in [4.78, 5) is 2.51. The van der Waals surface area contributed by atoms with Crippen LogP contribution < -0.4 is 4.90 Å². The molecular formula is C55H45NO. The van der Waals surface area contributed by atoms with Gasteiger partial charge in [-0.05, 0) is 166 Å². The Bertz CT molecular complexity index is 2930. The molecule has 1 aromatic heterocycles. The third-order valence-electron chi connectivity index (χ3n) is 15.5. The van der Waals surface area contributed by atoms with Crippen molar-refractivity contribution in [1.29, 1.82) is 0 Å². The van der Waals surface area contributed by atoms with Crippen molar-refractivity contribution < 1.29 is 4.42 Å². The van der Waals surface area contributed by atoms with Crippen LogP contribution in [0.15, 0.2) is 156 Å². The zero-order valence-electron chi connectivity index (χ0n) is 32.6. The second kappa shape index (κ2) is 11.4. The fourth-order valence-electron chi connectivity index (χ4n) is 13.3. The van der Waals surface area contributed by atoms with Crippen molar-refractivity contribution in [3.8, 4) is 33.4 Å². The van der Waals surface area contributed by atoms with Crippen LogP contribution in [0.2, 0.25) is 0 Å². The molecule has 4 bridgehead atoms. The van der Waals surface area contributed by atoms with E-state index < -0.39 is 0 Å². The number of rotatable bonds is 4. The largest absolute Gasteiger partial charge is 0.456 e. The monoisotopic (exact) mass is 735 g/mol. The maximum absolute atomic E-state index is 6.30. The molecule has 0 aliphatic heterocycles. The van der Waals surface area contributed by atoms with Gasteiger partial charge >= 0.3 is 0 Å². The number of hydrogen-bond donors (Lipinski definition) is 0. The van der Waals surface area contributed by atoms with Gasteiger partial charge < -0.3 is 9.32 Å². The SMILES string of the molecule is CC1(C)c2ccccc2-c2ccc(N(c3ccc(-c4ccc5c(c4)oc4ccccc45)cc3)c3ccc4c(c3)-c3ccccc3C43C4CC5CC(C4)CC3C5)cc21. The fraction of sp³-hybridized carbons (Fsp3) is 0.236. The quantitative estimate of drug-likeness (QED) is 0.179. The zero-order chi connectivity index (χ0) is 37.6. The van der Waals surface area contributed by atoms with Crippen LogP contribution in [0.5, 0.6) is 0 Å². The number of anilines is 3. The van der Waals surface area contributed by atoms with Gasteiger partial charge in [-0.1, -0.05) is 111 Å². The summed E-state index contributed by atoms with van der Waals surface area (Å²) in [7, 11) is 0. The van der Waals surface area contributed by atoms with Crippen molar-refractivity contribution in [3.63, 3.8) is 0 Å². The van der Waals surface area contributed by atoms with Crippen LogP contribution in [-0.2, 0) is 10.8 Å². The fourth-order valence-corrected chi connectivity index (χ4v) is 13.3. The van der Waals surface area contributed by atoms with Crippen molar-refractivity contribution in [3.05, 3.63) is 174 Å². The lowest BCUT2D eigenvalue weighted by Gasteiger charge is -2.61. The summed E-state index contributed by atoms with van der Waals surface area (Å²) in [5, 5.41) is 2.32. The molecule has 4 fully saturated rings. The summed E-state index contributed by atoms with van der Waals surface area (Å²) < 4.78 is 6.30. The molecule has 8 aromatic rings. The van der Waals surface area contributed by atoms with Gasteiger partial charge in [0.05, 0.1) is 0 Å². The lowest BCUT2D eigenvalue weighted by Crippen LogP contribution is -2.55. The van der Waals surface area contributed by atoms with E-state index >= 15 is 0 Å². The van der Waals surface area contributed by atoms with E-state index in [0.717, 1.165) is 56.9 Å². The second-order valence-corrected chi connectivity index (χ2v) is 18.5. The molecule has 7 aromatic carbocycles. The Kier molecular flexibility index (Phi) is 6.44. The van der Waals surface area contributed by atoms with Crippen LogP contribution in [0.1, 0.15) is 68.2 Å². The first kappa shape index (κ1) is 32.2. The maximum Gasteiger partial charge on any atom is 0.136 e. The first-order valence-corrected chi connectivity index (χ1v) is 21.3. The number of nitrogens with zero attached hydrogens (tertiary/aromatic N) is 1. The Labute approximate surface area is 334 Å². The molecule has 0 atom stereocenters. The van der Waals surface area contributed by atoms with E-state index in [9.17, 15) is 0 Å². The van der Waals surface area contributed by atoms with E-state index in [1.165, 1.54) is 82.4 Å². The lowest BCUT2D eigenvalue weighted by atomic mass is 9.43. The highest BCUT2D eigenvalue weighted by atomic mass is 16.3. The number of benzene rings is 7. The Morgan fingerprint density at radius 1 is 0.439 bits per heavy atom. The van der Waals surface area contributed by atoms with Crippen LogP contribution in [0.4, 0.5) is 17.1 Å². The van der Waals surface area contributed by atoms with Gasteiger partial charge in [-0.25, -0.2) is 0 Å². The molecule has 2 heteroatoms. The van der Waals surface area contributed by atoms with Crippen LogP contribution in [0, 0.1) is 23.7 Å². The van der Waals surface area contributed by atoms with Gasteiger partial charge in [-0.3, -0.25) is 0 Å². The predicted octanol–water partition coefficient (Wildman–Crippen LogP) is 14.8. The van der Waals surface area contributed by atoms with E-state index in [1.807, 2.05) is 6.07 Å². The van der Waals surface area contributed by atoms with Crippen molar-refractivity contribution in [2.45, 2.75) is 56.8 Å². The summed E-state index contributed by atoms with van der Waals surface area (Å²) >= 11 is 0. The Morgan fingerprint density at radius 2 is 1.02 bits per heavy atom. The third kappa shape index (κ3) is 4.31. The molecule has 0 radical (unpaired) electrons. The summed E-state index contributed by atoms with van der Waals surface area (Å²) in [5.41, 5.74) is 19.5. The standard InChI is InChI=1S/C55H45NO/c1-54(2)48-12-6-3-9-42(48)44-23-20-41(32-51(44)54)56(39-18-15-35(16-19-39)36-17-22-46-45-11-5-8-14-52(45)57-53(46)30-36)40-21-24-50-47(31-40)43-10-4-7-13-49(43)55(50)37-26-33-25-34(28-37)29-38(55)27-33/h3-24,30-34,37-38H,25-29H2,1-2H3. The molecule has 1 heterocycles. The molecule has 276 valence electrons. The zero-order valence-corrected chi connectivity index (χ0v) is 32.6. The summed E-state index contributed by atoms with van der Waals surface area (Å²) in [6.07, 6.45) is 7.08. The molecular weight excluding hydrogens is 691 g/mol. The van der Waals surface area contributed by atoms with Gasteiger partial charge in [0, 0.05) is 38.7 Å². The first-order valence-electron chi connectivity index (χ1n) is 21.3. The van der Waals surface area contributed by atoms with Crippen molar-refractivity contribution in [2.75, 3.05) is 4.90 Å². The molecule has 6 aliphatic carbocycles. The molecule has 57 heavy (non-hydrogen) atoms. The number of hydrogen-bond acceptors (Lipinski definition) is 2. The van der Waals surface area contributed by atoms with Gasteiger partial charge in [-0.2, -0.15) is 0 Å². The van der Waals surface area contributed by atoms with E-state index in [-0.39, 0.29) is 10.8 Å². The summed E-state index contributed by atoms with van der Waals surface area (Å²) in [5.74, 6) is 3.38. The predicted molar refractivity (Wildman–Crippen MR) is 235 cm³/mol. The van der Waals surface area contributed by atoms with E-state index in [0.29, 0.717) is 0 Å². The molecule has 6 aliphatic rings. The first-order chi connectivity index (χ1) is 27.9. The van der Waals surface area contributed by atoms with E-state index in [2.05, 4.69) is 164 Å². The topological polar surface area (TPSA) is 16.4 Å². The minimum atomic E-state index is -0.0878. The lowest BCUT2D eigenvalue weighted by molar-refractivity contribution is -0.0399. The number of furan rings is 1.